The number of anilines is 1. The summed E-state index contributed by atoms with van der Waals surface area (Å²) in [5.41, 5.74) is 4.77. The summed E-state index contributed by atoms with van der Waals surface area (Å²) >= 11 is 22.5. The fraction of sp³-hybridized carbons (Fsp3) is 0.120. The molecule has 0 unspecified atom stereocenters. The topological polar surface area (TPSA) is 29.5 Å². The predicted molar refractivity (Wildman–Crippen MR) is 147 cm³/mol. The predicted octanol–water partition coefficient (Wildman–Crippen LogP) is 8.36. The van der Waals surface area contributed by atoms with E-state index in [2.05, 4.69) is 15.9 Å². The number of amides is 1. The average Bonchev–Trinajstić information content (AvgIpc) is 3.03. The van der Waals surface area contributed by atoms with Crippen LogP contribution in [0.5, 0.6) is 5.75 Å². The van der Waals surface area contributed by atoms with Crippen molar-refractivity contribution in [3.05, 3.63) is 96.3 Å². The molecule has 1 heterocycles. The lowest BCUT2D eigenvalue weighted by Crippen LogP contribution is -2.27. The second-order valence-electron chi connectivity index (χ2n) is 7.50. The van der Waals surface area contributed by atoms with Crippen molar-refractivity contribution in [2.24, 2.45) is 0 Å². The molecule has 3 aromatic rings. The number of ether oxygens (including phenoxy) is 1. The summed E-state index contributed by atoms with van der Waals surface area (Å²) in [4.78, 5) is 15.2. The maximum atomic E-state index is 13.1. The van der Waals surface area contributed by atoms with Gasteiger partial charge in [0.2, 0.25) is 0 Å². The van der Waals surface area contributed by atoms with Crippen LogP contribution in [0.3, 0.4) is 0 Å². The zero-order valence-electron chi connectivity index (χ0n) is 17.7. The average molecular weight is 579 g/mol. The van der Waals surface area contributed by atoms with Gasteiger partial charge in [0.25, 0.3) is 5.91 Å². The Morgan fingerprint density at radius 3 is 2.55 bits per heavy atom. The largest absolute Gasteiger partial charge is 0.488 e. The zero-order valence-corrected chi connectivity index (χ0v) is 22.4. The zero-order chi connectivity index (χ0) is 23.7. The van der Waals surface area contributed by atoms with Gasteiger partial charge >= 0.3 is 0 Å². The van der Waals surface area contributed by atoms with Gasteiger partial charge in [-0.3, -0.25) is 9.69 Å². The molecule has 1 aliphatic rings. The van der Waals surface area contributed by atoms with Crippen molar-refractivity contribution < 1.29 is 9.53 Å². The molecule has 8 heteroatoms. The van der Waals surface area contributed by atoms with Crippen molar-refractivity contribution in [3.63, 3.8) is 0 Å². The molecule has 1 amide bonds. The fourth-order valence-corrected chi connectivity index (χ4v) is 5.50. The van der Waals surface area contributed by atoms with Gasteiger partial charge in [-0.25, -0.2) is 0 Å². The van der Waals surface area contributed by atoms with Crippen molar-refractivity contribution >= 4 is 85.1 Å². The van der Waals surface area contributed by atoms with Crippen LogP contribution in [-0.2, 0) is 11.4 Å². The monoisotopic (exact) mass is 577 g/mol. The van der Waals surface area contributed by atoms with E-state index in [1.807, 2.05) is 62.4 Å². The molecule has 3 nitrogen and oxygen atoms in total. The van der Waals surface area contributed by atoms with E-state index in [1.54, 1.807) is 17.0 Å². The number of aryl methyl sites for hydroxylation is 2. The third kappa shape index (κ3) is 5.47. The van der Waals surface area contributed by atoms with E-state index >= 15 is 0 Å². The summed E-state index contributed by atoms with van der Waals surface area (Å²) in [7, 11) is 0. The molecule has 1 aliphatic heterocycles. The van der Waals surface area contributed by atoms with Gasteiger partial charge in [-0.1, -0.05) is 65.4 Å². The van der Waals surface area contributed by atoms with Crippen LogP contribution in [0.4, 0.5) is 5.69 Å². The van der Waals surface area contributed by atoms with Gasteiger partial charge in [0, 0.05) is 15.6 Å². The summed E-state index contributed by atoms with van der Waals surface area (Å²) in [5, 5.41) is 1.14. The summed E-state index contributed by atoms with van der Waals surface area (Å²) in [6.45, 7) is 4.37. The van der Waals surface area contributed by atoms with Crippen LogP contribution in [-0.4, -0.2) is 10.2 Å². The van der Waals surface area contributed by atoms with E-state index in [9.17, 15) is 4.79 Å². The molecule has 1 fully saturated rings. The molecule has 0 aliphatic carbocycles. The number of carbonyl (C=O) groups is 1. The minimum absolute atomic E-state index is 0.123. The molecule has 0 radical (unpaired) electrons. The molecule has 33 heavy (non-hydrogen) atoms. The highest BCUT2D eigenvalue weighted by molar-refractivity contribution is 9.10. The van der Waals surface area contributed by atoms with Gasteiger partial charge < -0.3 is 4.74 Å². The third-order valence-electron chi connectivity index (χ3n) is 5.19. The Labute approximate surface area is 220 Å². The van der Waals surface area contributed by atoms with E-state index in [0.29, 0.717) is 31.6 Å². The van der Waals surface area contributed by atoms with E-state index in [4.69, 9.17) is 40.2 Å². The first kappa shape index (κ1) is 24.3. The second-order valence-corrected chi connectivity index (χ2v) is 10.9. The number of carbonyl (C=O) groups excluding carboxylic acids is 1. The van der Waals surface area contributed by atoms with Gasteiger partial charge in [0.05, 0.1) is 15.1 Å². The normalized spacial score (nSPS) is 14.9. The highest BCUT2D eigenvalue weighted by atomic mass is 79.9. The van der Waals surface area contributed by atoms with E-state index < -0.39 is 0 Å². The fourth-order valence-electron chi connectivity index (χ4n) is 3.22. The highest BCUT2D eigenvalue weighted by Gasteiger charge is 2.33. The Kier molecular flexibility index (Phi) is 7.51. The number of thiocarbonyl (C=S) groups is 1. The Morgan fingerprint density at radius 2 is 1.85 bits per heavy atom. The van der Waals surface area contributed by atoms with Crippen LogP contribution in [0, 0.1) is 13.8 Å². The van der Waals surface area contributed by atoms with E-state index in [0.717, 1.165) is 26.9 Å². The minimum atomic E-state index is -0.123. The third-order valence-corrected chi connectivity index (χ3v) is 7.70. The van der Waals surface area contributed by atoms with Crippen LogP contribution in [0.15, 0.2) is 64.0 Å². The quantitative estimate of drug-likeness (QED) is 0.225. The Hall–Kier alpha value is -1.83. The van der Waals surface area contributed by atoms with Crippen molar-refractivity contribution in [2.45, 2.75) is 20.5 Å². The van der Waals surface area contributed by atoms with Gasteiger partial charge in [-0.05, 0) is 88.9 Å². The molecule has 0 N–H and O–H groups in total. The van der Waals surface area contributed by atoms with Crippen molar-refractivity contribution in [2.75, 3.05) is 4.90 Å². The van der Waals surface area contributed by atoms with Crippen molar-refractivity contribution in [1.29, 1.82) is 0 Å². The molecule has 0 aromatic heterocycles. The number of rotatable bonds is 5. The number of halogens is 3. The first-order valence-corrected chi connectivity index (χ1v) is 12.7. The Bertz CT molecular complexity index is 1310. The molecular formula is C25H18BrCl2NO2S2. The molecule has 0 saturated carbocycles. The highest BCUT2D eigenvalue weighted by Crippen LogP contribution is 2.37. The minimum Gasteiger partial charge on any atom is -0.488 e. The van der Waals surface area contributed by atoms with E-state index in [-0.39, 0.29) is 5.91 Å². The molecule has 4 rings (SSSR count). The van der Waals surface area contributed by atoms with Crippen LogP contribution < -0.4 is 9.64 Å². The summed E-state index contributed by atoms with van der Waals surface area (Å²) in [5.74, 6) is 0.544. The van der Waals surface area contributed by atoms with Crippen molar-refractivity contribution in [3.8, 4) is 5.75 Å². The molecule has 3 aromatic carbocycles. The van der Waals surface area contributed by atoms with Gasteiger partial charge in [-0.2, -0.15) is 0 Å². The van der Waals surface area contributed by atoms with Gasteiger partial charge in [0.15, 0.2) is 4.32 Å². The lowest BCUT2D eigenvalue weighted by molar-refractivity contribution is -0.113. The summed E-state index contributed by atoms with van der Waals surface area (Å²) < 4.78 is 7.20. The summed E-state index contributed by atoms with van der Waals surface area (Å²) in [6.07, 6.45) is 1.84. The lowest BCUT2D eigenvalue weighted by atomic mass is 10.1. The molecule has 0 spiro atoms. The molecule has 0 bridgehead atoms. The van der Waals surface area contributed by atoms with E-state index in [1.165, 1.54) is 17.3 Å². The SMILES string of the molecule is Cc1ccc(N2C(=O)/C(=C\c3ccc(OCc4ccc(Cl)cc4Cl)c(Br)c3)SC2=S)cc1C. The Morgan fingerprint density at radius 1 is 1.06 bits per heavy atom. The number of hydrogen-bond acceptors (Lipinski definition) is 4. The van der Waals surface area contributed by atoms with Gasteiger partial charge in [-0.15, -0.1) is 0 Å². The standard InChI is InChI=1S/C25H18BrCl2NO2S2/c1-14-3-7-19(9-15(14)2)29-24(30)23(33-25(29)32)11-16-4-8-22(20(26)10-16)31-13-17-5-6-18(27)12-21(17)28/h3-12H,13H2,1-2H3/b23-11+. The van der Waals surface area contributed by atoms with Crippen LogP contribution in [0.2, 0.25) is 10.0 Å². The number of thioether (sulfide) groups is 1. The first-order chi connectivity index (χ1) is 15.7. The first-order valence-electron chi connectivity index (χ1n) is 9.94. The Balaban J connectivity index is 1.51. The van der Waals surface area contributed by atoms with Crippen molar-refractivity contribution in [1.82, 2.24) is 0 Å². The number of benzene rings is 3. The maximum absolute atomic E-state index is 13.1. The molecule has 1 saturated heterocycles. The summed E-state index contributed by atoms with van der Waals surface area (Å²) in [6, 6.07) is 16.9. The molecule has 0 atom stereocenters. The molecule has 168 valence electrons. The smallest absolute Gasteiger partial charge is 0.270 e. The maximum Gasteiger partial charge on any atom is 0.270 e. The number of hydrogen-bond donors (Lipinski definition) is 0. The van der Waals surface area contributed by atoms with Crippen LogP contribution in [0.25, 0.3) is 6.08 Å². The van der Waals surface area contributed by atoms with Gasteiger partial charge in [0.1, 0.15) is 12.4 Å². The lowest BCUT2D eigenvalue weighted by Gasteiger charge is -2.16. The van der Waals surface area contributed by atoms with Crippen LogP contribution >= 0.6 is 63.1 Å². The van der Waals surface area contributed by atoms with Crippen LogP contribution in [0.1, 0.15) is 22.3 Å². The molecular weight excluding hydrogens is 561 g/mol. The second kappa shape index (κ2) is 10.2. The number of nitrogens with zero attached hydrogens (tertiary/aromatic N) is 1.